The Labute approximate surface area is 163 Å². The highest BCUT2D eigenvalue weighted by atomic mass is 16.2. The monoisotopic (exact) mass is 382 g/mol. The van der Waals surface area contributed by atoms with E-state index in [4.69, 9.17) is 0 Å². The molecule has 0 bridgehead atoms. The van der Waals surface area contributed by atoms with Crippen molar-refractivity contribution in [1.29, 1.82) is 0 Å². The Morgan fingerprint density at radius 3 is 2.82 bits per heavy atom. The number of amides is 2. The van der Waals surface area contributed by atoms with Gasteiger partial charge < -0.3 is 10.2 Å². The summed E-state index contributed by atoms with van der Waals surface area (Å²) in [7, 11) is 1.72. The lowest BCUT2D eigenvalue weighted by Gasteiger charge is -2.28. The molecule has 2 aliphatic carbocycles. The lowest BCUT2D eigenvalue weighted by Crippen LogP contribution is -2.38. The summed E-state index contributed by atoms with van der Waals surface area (Å²) in [5.41, 5.74) is 2.91. The summed E-state index contributed by atoms with van der Waals surface area (Å²) in [4.78, 5) is 31.6. The number of likely N-dealkylation sites (tertiary alicyclic amines) is 1. The molecule has 1 saturated heterocycles. The Morgan fingerprint density at radius 2 is 2.07 bits per heavy atom. The molecule has 5 rings (SSSR count). The van der Waals surface area contributed by atoms with Crippen LogP contribution < -0.4 is 11.0 Å². The van der Waals surface area contributed by atoms with Crippen LogP contribution in [0.4, 0.5) is 10.5 Å². The van der Waals surface area contributed by atoms with Gasteiger partial charge in [0, 0.05) is 31.2 Å². The number of carbonyl (C=O) groups is 1. The van der Waals surface area contributed by atoms with Crippen molar-refractivity contribution >= 4 is 11.7 Å². The summed E-state index contributed by atoms with van der Waals surface area (Å²) >= 11 is 0. The average molecular weight is 382 g/mol. The second-order valence-electron chi connectivity index (χ2n) is 8.30. The zero-order valence-corrected chi connectivity index (χ0v) is 16.1. The number of nitrogens with one attached hydrogen (secondary N) is 2. The Kier molecular flexibility index (Phi) is 4.21. The van der Waals surface area contributed by atoms with Crippen LogP contribution in [-0.2, 0) is 19.9 Å². The van der Waals surface area contributed by atoms with Crippen molar-refractivity contribution in [3.05, 3.63) is 39.8 Å². The van der Waals surface area contributed by atoms with E-state index < -0.39 is 0 Å². The third kappa shape index (κ3) is 2.91. The van der Waals surface area contributed by atoms with Crippen LogP contribution in [0.3, 0.4) is 0 Å². The number of H-pyrrole nitrogens is 1. The highest BCUT2D eigenvalue weighted by Crippen LogP contribution is 2.50. The van der Waals surface area contributed by atoms with Crippen LogP contribution in [0.25, 0.3) is 0 Å². The van der Waals surface area contributed by atoms with Crippen LogP contribution in [0.5, 0.6) is 0 Å². The van der Waals surface area contributed by atoms with E-state index in [2.05, 4.69) is 20.5 Å². The third-order valence-electron chi connectivity index (χ3n) is 6.59. The molecule has 1 aliphatic heterocycles. The van der Waals surface area contributed by atoms with Gasteiger partial charge in [-0.1, -0.05) is 0 Å². The minimum atomic E-state index is -0.236. The normalized spacial score (nSPS) is 24.2. The number of rotatable bonds is 3. The second-order valence-corrected chi connectivity index (χ2v) is 8.30. The number of carbonyl (C=O) groups excluding carboxylic acids is 1. The lowest BCUT2D eigenvalue weighted by atomic mass is 9.94. The highest BCUT2D eigenvalue weighted by Gasteiger charge is 2.47. The van der Waals surface area contributed by atoms with E-state index in [-0.39, 0.29) is 17.8 Å². The van der Waals surface area contributed by atoms with Crippen molar-refractivity contribution < 1.29 is 4.79 Å². The fourth-order valence-corrected chi connectivity index (χ4v) is 4.95. The zero-order valence-electron chi connectivity index (χ0n) is 16.1. The zero-order chi connectivity index (χ0) is 19.3. The van der Waals surface area contributed by atoms with Gasteiger partial charge in [0.05, 0.1) is 6.04 Å². The van der Waals surface area contributed by atoms with E-state index >= 15 is 0 Å². The summed E-state index contributed by atoms with van der Waals surface area (Å²) < 4.78 is 1.54. The maximum absolute atomic E-state index is 13.3. The molecule has 8 heteroatoms. The fraction of sp³-hybridized carbons (Fsp3) is 0.600. The van der Waals surface area contributed by atoms with Gasteiger partial charge in [-0.05, 0) is 68.4 Å². The maximum Gasteiger partial charge on any atom is 0.343 e. The van der Waals surface area contributed by atoms with Crippen LogP contribution in [-0.4, -0.2) is 37.2 Å². The van der Waals surface area contributed by atoms with Gasteiger partial charge in [0.25, 0.3) is 0 Å². The number of anilines is 1. The Balaban J connectivity index is 1.44. The van der Waals surface area contributed by atoms with E-state index in [1.54, 1.807) is 17.8 Å². The first-order chi connectivity index (χ1) is 13.6. The van der Waals surface area contributed by atoms with Crippen molar-refractivity contribution in [2.75, 3.05) is 11.9 Å². The van der Waals surface area contributed by atoms with Gasteiger partial charge in [-0.25, -0.2) is 14.7 Å². The standard InChI is InChI=1S/C20H26N6O2/c1-25-18(23-24-20(25)28)17-13(12-6-7-12)9-11-26(17)19(27)22-16-8-10-21-15-5-3-2-4-14(15)16/h8,10,12-13,17H,2-7,9,11H2,1H3,(H,24,28)(H,21,22,27). The quantitative estimate of drug-likeness (QED) is 0.852. The molecule has 2 atom stereocenters. The number of nitrogens with zero attached hydrogens (tertiary/aromatic N) is 4. The number of fused-ring (bicyclic) bond motifs is 1. The first kappa shape index (κ1) is 17.5. The number of aromatic nitrogens is 4. The number of urea groups is 1. The molecule has 28 heavy (non-hydrogen) atoms. The van der Waals surface area contributed by atoms with Crippen LogP contribution in [0.15, 0.2) is 17.1 Å². The molecule has 2 aromatic heterocycles. The molecule has 3 aliphatic rings. The summed E-state index contributed by atoms with van der Waals surface area (Å²) in [6.07, 6.45) is 9.36. The first-order valence-electron chi connectivity index (χ1n) is 10.3. The maximum atomic E-state index is 13.3. The molecule has 2 N–H and O–H groups in total. The molecule has 8 nitrogen and oxygen atoms in total. The Hall–Kier alpha value is -2.64. The average Bonchev–Trinajstić information content (AvgIpc) is 3.38. The minimum absolute atomic E-state index is 0.109. The van der Waals surface area contributed by atoms with E-state index in [1.807, 2.05) is 11.0 Å². The van der Waals surface area contributed by atoms with Crippen molar-refractivity contribution in [1.82, 2.24) is 24.6 Å². The number of aryl methyl sites for hydroxylation is 1. The predicted octanol–water partition coefficient (Wildman–Crippen LogP) is 2.39. The summed E-state index contributed by atoms with van der Waals surface area (Å²) in [6, 6.07) is 1.63. The molecule has 3 heterocycles. The van der Waals surface area contributed by atoms with Crippen LogP contribution >= 0.6 is 0 Å². The van der Waals surface area contributed by atoms with E-state index in [0.717, 1.165) is 43.5 Å². The van der Waals surface area contributed by atoms with Gasteiger partial charge in [-0.3, -0.25) is 9.55 Å². The molecule has 2 fully saturated rings. The topological polar surface area (TPSA) is 95.9 Å². The number of pyridine rings is 1. The van der Waals surface area contributed by atoms with Crippen molar-refractivity contribution in [3.8, 4) is 0 Å². The second kappa shape index (κ2) is 6.76. The summed E-state index contributed by atoms with van der Waals surface area (Å²) in [5, 5.41) is 9.94. The first-order valence-corrected chi connectivity index (χ1v) is 10.3. The molecule has 2 unspecified atom stereocenters. The van der Waals surface area contributed by atoms with Crippen LogP contribution in [0, 0.1) is 11.8 Å². The van der Waals surface area contributed by atoms with Crippen LogP contribution in [0.1, 0.15) is 55.2 Å². The highest BCUT2D eigenvalue weighted by molar-refractivity contribution is 5.90. The van der Waals surface area contributed by atoms with E-state index in [0.29, 0.717) is 24.2 Å². The molecule has 0 aromatic carbocycles. The van der Waals surface area contributed by atoms with Gasteiger partial charge in [-0.2, -0.15) is 5.10 Å². The number of hydrogen-bond donors (Lipinski definition) is 2. The van der Waals surface area contributed by atoms with Crippen molar-refractivity contribution in [2.45, 2.75) is 51.0 Å². The molecule has 148 valence electrons. The molecular formula is C20H26N6O2. The molecule has 0 spiro atoms. The van der Waals surface area contributed by atoms with E-state index in [1.165, 1.54) is 18.4 Å². The molecular weight excluding hydrogens is 356 g/mol. The predicted molar refractivity (Wildman–Crippen MR) is 104 cm³/mol. The third-order valence-corrected chi connectivity index (χ3v) is 6.59. The van der Waals surface area contributed by atoms with Gasteiger partial charge in [-0.15, -0.1) is 0 Å². The molecule has 2 aromatic rings. The summed E-state index contributed by atoms with van der Waals surface area (Å²) in [6.45, 7) is 0.686. The number of aromatic amines is 1. The molecule has 2 amide bonds. The van der Waals surface area contributed by atoms with Crippen molar-refractivity contribution in [3.63, 3.8) is 0 Å². The van der Waals surface area contributed by atoms with Gasteiger partial charge >= 0.3 is 11.7 Å². The van der Waals surface area contributed by atoms with Gasteiger partial charge in [0.1, 0.15) is 0 Å². The Morgan fingerprint density at radius 1 is 1.25 bits per heavy atom. The Bertz CT molecular complexity index is 960. The summed E-state index contributed by atoms with van der Waals surface area (Å²) in [5.74, 6) is 1.65. The molecule has 1 saturated carbocycles. The minimum Gasteiger partial charge on any atom is -0.314 e. The SMILES string of the molecule is Cn1c(C2C(C3CC3)CCN2C(=O)Nc2ccnc3c2CCCC3)n[nH]c1=O. The van der Waals surface area contributed by atoms with E-state index in [9.17, 15) is 9.59 Å². The smallest absolute Gasteiger partial charge is 0.314 e. The van der Waals surface area contributed by atoms with Crippen molar-refractivity contribution in [2.24, 2.45) is 18.9 Å². The molecule has 0 radical (unpaired) electrons. The lowest BCUT2D eigenvalue weighted by molar-refractivity contribution is 0.191. The van der Waals surface area contributed by atoms with Crippen LogP contribution in [0.2, 0.25) is 0 Å². The van der Waals surface area contributed by atoms with Gasteiger partial charge in [0.15, 0.2) is 5.82 Å². The fourth-order valence-electron chi connectivity index (χ4n) is 4.95. The number of hydrogen-bond acceptors (Lipinski definition) is 4. The largest absolute Gasteiger partial charge is 0.343 e. The van der Waals surface area contributed by atoms with Gasteiger partial charge in [0.2, 0.25) is 0 Å².